The maximum Gasteiger partial charge on any atom is 0.295 e. The molecule has 0 spiro atoms. The van der Waals surface area contributed by atoms with Crippen molar-refractivity contribution in [3.8, 4) is 5.69 Å². The monoisotopic (exact) mass is 456 g/mol. The van der Waals surface area contributed by atoms with Gasteiger partial charge in [-0.15, -0.1) is 0 Å². The summed E-state index contributed by atoms with van der Waals surface area (Å²) in [5.74, 6) is -0.202. The highest BCUT2D eigenvalue weighted by Crippen LogP contribution is 2.23. The Kier molecular flexibility index (Phi) is 6.27. The third-order valence-corrected chi connectivity index (χ3v) is 5.24. The molecule has 0 fully saturated rings. The zero-order valence-electron chi connectivity index (χ0n) is 17.0. The molecule has 0 saturated carbocycles. The maximum absolute atomic E-state index is 13.1. The maximum atomic E-state index is 13.1. The van der Waals surface area contributed by atoms with E-state index in [1.165, 1.54) is 0 Å². The van der Waals surface area contributed by atoms with Gasteiger partial charge in [0.2, 0.25) is 5.91 Å². The number of carbonyl (C=O) groups excluding carboxylic acids is 1. The minimum atomic E-state index is -0.267. The van der Waals surface area contributed by atoms with Gasteiger partial charge < -0.3 is 10.6 Å². The Morgan fingerprint density at radius 1 is 1.14 bits per heavy atom. The zero-order valence-corrected chi connectivity index (χ0v) is 18.6. The van der Waals surface area contributed by atoms with Crippen LogP contribution < -0.4 is 16.2 Å². The first-order chi connectivity index (χ1) is 13.8. The van der Waals surface area contributed by atoms with Crippen molar-refractivity contribution in [2.24, 2.45) is 7.05 Å². The lowest BCUT2D eigenvalue weighted by atomic mass is 10.1. The molecule has 6 nitrogen and oxygen atoms in total. The van der Waals surface area contributed by atoms with Crippen molar-refractivity contribution < 1.29 is 4.79 Å². The molecule has 0 radical (unpaired) electrons. The molecule has 0 atom stereocenters. The van der Waals surface area contributed by atoms with Gasteiger partial charge in [0.15, 0.2) is 0 Å². The molecule has 1 heterocycles. The van der Waals surface area contributed by atoms with Crippen molar-refractivity contribution in [1.82, 2.24) is 9.36 Å². The summed E-state index contributed by atoms with van der Waals surface area (Å²) < 4.78 is 4.37. The number of benzene rings is 2. The molecule has 3 rings (SSSR count). The number of halogens is 1. The van der Waals surface area contributed by atoms with Crippen LogP contribution in [0.4, 0.5) is 11.4 Å². The van der Waals surface area contributed by atoms with Crippen LogP contribution in [0.5, 0.6) is 0 Å². The van der Waals surface area contributed by atoms with E-state index in [2.05, 4.69) is 26.6 Å². The summed E-state index contributed by atoms with van der Waals surface area (Å²) in [5, 5.41) is 5.96. The fraction of sp³-hybridized carbons (Fsp3) is 0.273. The summed E-state index contributed by atoms with van der Waals surface area (Å²) in [7, 11) is 1.84. The van der Waals surface area contributed by atoms with Crippen LogP contribution in [0.25, 0.3) is 5.69 Å². The summed E-state index contributed by atoms with van der Waals surface area (Å²) in [6.45, 7) is 6.05. The molecule has 0 aliphatic heterocycles. The molecule has 1 amide bonds. The standard InChI is InChI=1S/C22H25BrN4O2/c1-14(2)21-20(22(29)27(26(21)4)17-8-6-5-7-9-17)25-19(28)13-24-18-11-10-16(23)12-15(18)3/h5-12,14,24H,13H2,1-4H3,(H,25,28). The Labute approximate surface area is 178 Å². The number of carbonyl (C=O) groups is 1. The predicted octanol–water partition coefficient (Wildman–Crippen LogP) is 4.42. The van der Waals surface area contributed by atoms with Gasteiger partial charge in [-0.3, -0.25) is 14.3 Å². The van der Waals surface area contributed by atoms with Crippen LogP contribution in [0.1, 0.15) is 31.0 Å². The van der Waals surface area contributed by atoms with Crippen molar-refractivity contribution in [2.75, 3.05) is 17.2 Å². The highest BCUT2D eigenvalue weighted by Gasteiger charge is 2.22. The Bertz CT molecular complexity index is 1080. The second kappa shape index (κ2) is 8.69. The fourth-order valence-electron chi connectivity index (χ4n) is 3.45. The Morgan fingerprint density at radius 2 is 1.83 bits per heavy atom. The van der Waals surface area contributed by atoms with E-state index in [1.807, 2.05) is 81.0 Å². The molecule has 0 saturated heterocycles. The minimum Gasteiger partial charge on any atom is -0.376 e. The van der Waals surface area contributed by atoms with E-state index in [4.69, 9.17) is 0 Å². The summed E-state index contributed by atoms with van der Waals surface area (Å²) >= 11 is 3.43. The van der Waals surface area contributed by atoms with E-state index >= 15 is 0 Å². The van der Waals surface area contributed by atoms with Crippen molar-refractivity contribution in [2.45, 2.75) is 26.7 Å². The largest absolute Gasteiger partial charge is 0.376 e. The average Bonchev–Trinajstić information content (AvgIpc) is 2.91. The molecule has 0 unspecified atom stereocenters. The molecular formula is C22H25BrN4O2. The second-order valence-corrected chi connectivity index (χ2v) is 8.17. The van der Waals surface area contributed by atoms with Crippen LogP contribution in [-0.2, 0) is 11.8 Å². The lowest BCUT2D eigenvalue weighted by Gasteiger charge is -2.13. The molecule has 0 aliphatic carbocycles. The van der Waals surface area contributed by atoms with Gasteiger partial charge in [-0.05, 0) is 48.7 Å². The first kappa shape index (κ1) is 20.9. The van der Waals surface area contributed by atoms with E-state index in [-0.39, 0.29) is 23.9 Å². The van der Waals surface area contributed by atoms with E-state index < -0.39 is 0 Å². The van der Waals surface area contributed by atoms with Crippen molar-refractivity contribution in [3.63, 3.8) is 0 Å². The van der Waals surface area contributed by atoms with Crippen LogP contribution in [0, 0.1) is 6.92 Å². The average molecular weight is 457 g/mol. The van der Waals surface area contributed by atoms with Gasteiger partial charge in [0.25, 0.3) is 5.56 Å². The number of aromatic nitrogens is 2. The van der Waals surface area contributed by atoms with E-state index in [0.717, 1.165) is 27.1 Å². The summed E-state index contributed by atoms with van der Waals surface area (Å²) in [6.07, 6.45) is 0. The van der Waals surface area contributed by atoms with Gasteiger partial charge in [-0.25, -0.2) is 4.68 Å². The van der Waals surface area contributed by atoms with Gasteiger partial charge in [-0.2, -0.15) is 0 Å². The molecular weight excluding hydrogens is 432 g/mol. The van der Waals surface area contributed by atoms with Gasteiger partial charge in [0, 0.05) is 17.2 Å². The number of rotatable bonds is 6. The number of para-hydroxylation sites is 1. The van der Waals surface area contributed by atoms with E-state index in [9.17, 15) is 9.59 Å². The van der Waals surface area contributed by atoms with Crippen LogP contribution >= 0.6 is 15.9 Å². The van der Waals surface area contributed by atoms with Crippen LogP contribution in [-0.4, -0.2) is 21.8 Å². The Hall–Kier alpha value is -2.80. The first-order valence-electron chi connectivity index (χ1n) is 9.46. The molecule has 29 heavy (non-hydrogen) atoms. The lowest BCUT2D eigenvalue weighted by Crippen LogP contribution is -2.26. The number of hydrogen-bond donors (Lipinski definition) is 2. The highest BCUT2D eigenvalue weighted by molar-refractivity contribution is 9.10. The quantitative estimate of drug-likeness (QED) is 0.576. The summed E-state index contributed by atoms with van der Waals surface area (Å²) in [5.41, 5.74) is 3.53. The molecule has 1 aromatic heterocycles. The van der Waals surface area contributed by atoms with Gasteiger partial charge in [0.1, 0.15) is 5.69 Å². The van der Waals surface area contributed by atoms with Gasteiger partial charge in [-0.1, -0.05) is 48.0 Å². The SMILES string of the molecule is Cc1cc(Br)ccc1NCC(=O)Nc1c(C(C)C)n(C)n(-c2ccccc2)c1=O. The number of nitrogens with zero attached hydrogens (tertiary/aromatic N) is 2. The molecule has 0 aliphatic rings. The third kappa shape index (κ3) is 4.45. The van der Waals surface area contributed by atoms with Crippen LogP contribution in [0.3, 0.4) is 0 Å². The Balaban J connectivity index is 1.86. The first-order valence-corrected chi connectivity index (χ1v) is 10.3. The number of anilines is 2. The van der Waals surface area contributed by atoms with Crippen molar-refractivity contribution >= 4 is 33.2 Å². The smallest absolute Gasteiger partial charge is 0.295 e. The fourth-order valence-corrected chi connectivity index (χ4v) is 3.92. The van der Waals surface area contributed by atoms with Gasteiger partial charge >= 0.3 is 0 Å². The number of hydrogen-bond acceptors (Lipinski definition) is 3. The topological polar surface area (TPSA) is 68.1 Å². The minimum absolute atomic E-state index is 0.0645. The number of aryl methyl sites for hydroxylation is 1. The number of nitrogens with one attached hydrogen (secondary N) is 2. The molecule has 2 N–H and O–H groups in total. The Morgan fingerprint density at radius 3 is 2.45 bits per heavy atom. The normalized spacial score (nSPS) is 11.0. The van der Waals surface area contributed by atoms with E-state index in [0.29, 0.717) is 5.69 Å². The lowest BCUT2D eigenvalue weighted by molar-refractivity contribution is -0.114. The molecule has 0 bridgehead atoms. The predicted molar refractivity (Wildman–Crippen MR) is 121 cm³/mol. The molecule has 7 heteroatoms. The van der Waals surface area contributed by atoms with Crippen molar-refractivity contribution in [3.05, 3.63) is 74.6 Å². The second-order valence-electron chi connectivity index (χ2n) is 7.25. The van der Waals surface area contributed by atoms with Crippen LogP contribution in [0.2, 0.25) is 0 Å². The summed E-state index contributed by atoms with van der Waals surface area (Å²) in [6, 6.07) is 15.2. The van der Waals surface area contributed by atoms with E-state index in [1.54, 1.807) is 4.68 Å². The molecule has 2 aromatic carbocycles. The van der Waals surface area contributed by atoms with Crippen molar-refractivity contribution in [1.29, 1.82) is 0 Å². The zero-order chi connectivity index (χ0) is 21.1. The number of amides is 1. The molecule has 152 valence electrons. The highest BCUT2D eigenvalue weighted by atomic mass is 79.9. The molecule has 3 aromatic rings. The van der Waals surface area contributed by atoms with Gasteiger partial charge in [0.05, 0.1) is 17.9 Å². The van der Waals surface area contributed by atoms with Crippen LogP contribution in [0.15, 0.2) is 57.8 Å². The third-order valence-electron chi connectivity index (χ3n) is 4.75. The summed E-state index contributed by atoms with van der Waals surface area (Å²) in [4.78, 5) is 25.7.